The van der Waals surface area contributed by atoms with E-state index in [1.807, 2.05) is 25.2 Å². The Bertz CT molecular complexity index is 786. The number of methoxy groups -OCH3 is 2. The van der Waals surface area contributed by atoms with Crippen LogP contribution in [0.4, 0.5) is 11.8 Å². The molecule has 0 amide bonds. The number of likely N-dealkylation sites (tertiary alicyclic amines) is 1. The fraction of sp³-hybridized carbons (Fsp3) is 0.500. The minimum absolute atomic E-state index is 0.234. The third-order valence-corrected chi connectivity index (χ3v) is 4.97. The Kier molecular flexibility index (Phi) is 6.89. The molecule has 1 aliphatic heterocycles. The van der Waals surface area contributed by atoms with Crippen LogP contribution in [0.25, 0.3) is 11.1 Å². The van der Waals surface area contributed by atoms with Crippen molar-refractivity contribution in [1.29, 1.82) is 0 Å². The molecule has 1 atom stereocenters. The first-order chi connectivity index (χ1) is 13.6. The number of benzene rings is 1. The van der Waals surface area contributed by atoms with Crippen LogP contribution < -0.4 is 20.5 Å². The van der Waals surface area contributed by atoms with Crippen molar-refractivity contribution in [3.63, 3.8) is 0 Å². The lowest BCUT2D eigenvalue weighted by Crippen LogP contribution is -2.26. The molecule has 3 rings (SSSR count). The van der Waals surface area contributed by atoms with Crippen LogP contribution in [0.1, 0.15) is 6.42 Å². The van der Waals surface area contributed by atoms with Crippen LogP contribution in [0.3, 0.4) is 0 Å². The van der Waals surface area contributed by atoms with Crippen molar-refractivity contribution in [3.8, 4) is 22.6 Å². The fourth-order valence-electron chi connectivity index (χ4n) is 3.43. The zero-order valence-electron chi connectivity index (χ0n) is 16.8. The Balaban J connectivity index is 1.72. The van der Waals surface area contributed by atoms with Crippen molar-refractivity contribution in [2.45, 2.75) is 6.42 Å². The molecule has 0 bridgehead atoms. The highest BCUT2D eigenvalue weighted by Crippen LogP contribution is 2.35. The minimum Gasteiger partial charge on any atom is -0.493 e. The van der Waals surface area contributed by atoms with Gasteiger partial charge < -0.3 is 30.2 Å². The van der Waals surface area contributed by atoms with Gasteiger partial charge in [0.1, 0.15) is 5.82 Å². The predicted octanol–water partition coefficient (Wildman–Crippen LogP) is 2.12. The summed E-state index contributed by atoms with van der Waals surface area (Å²) in [5.74, 6) is 2.83. The van der Waals surface area contributed by atoms with Crippen molar-refractivity contribution < 1.29 is 14.2 Å². The molecule has 1 unspecified atom stereocenters. The highest BCUT2D eigenvalue weighted by Gasteiger charge is 2.23. The van der Waals surface area contributed by atoms with E-state index in [9.17, 15) is 0 Å². The molecule has 1 saturated heterocycles. The predicted molar refractivity (Wildman–Crippen MR) is 110 cm³/mol. The highest BCUT2D eigenvalue weighted by atomic mass is 16.5. The third-order valence-electron chi connectivity index (χ3n) is 4.97. The number of rotatable bonds is 9. The molecule has 152 valence electrons. The first-order valence-electron chi connectivity index (χ1n) is 9.47. The summed E-state index contributed by atoms with van der Waals surface area (Å²) in [7, 11) is 5.19. The normalized spacial score (nSPS) is 16.9. The lowest BCUT2D eigenvalue weighted by atomic mass is 10.1. The summed E-state index contributed by atoms with van der Waals surface area (Å²) in [5, 5.41) is 3.06. The van der Waals surface area contributed by atoms with E-state index in [0.717, 1.165) is 43.8 Å². The van der Waals surface area contributed by atoms with Crippen LogP contribution in [-0.4, -0.2) is 69.0 Å². The lowest BCUT2D eigenvalue weighted by Gasteiger charge is -2.17. The molecule has 0 saturated carbocycles. The molecule has 2 heterocycles. The third kappa shape index (κ3) is 4.82. The van der Waals surface area contributed by atoms with Crippen LogP contribution >= 0.6 is 0 Å². The Morgan fingerprint density at radius 1 is 1.29 bits per heavy atom. The summed E-state index contributed by atoms with van der Waals surface area (Å²) in [6.07, 6.45) is 2.84. The molecule has 2 aromatic rings. The molecule has 0 spiro atoms. The van der Waals surface area contributed by atoms with Gasteiger partial charge in [-0.1, -0.05) is 6.07 Å². The van der Waals surface area contributed by atoms with Crippen LogP contribution in [0, 0.1) is 5.92 Å². The average molecular weight is 387 g/mol. The van der Waals surface area contributed by atoms with E-state index in [2.05, 4.69) is 20.2 Å². The van der Waals surface area contributed by atoms with E-state index in [-0.39, 0.29) is 5.95 Å². The van der Waals surface area contributed by atoms with Gasteiger partial charge in [-0.15, -0.1) is 0 Å². The van der Waals surface area contributed by atoms with E-state index in [1.54, 1.807) is 20.4 Å². The monoisotopic (exact) mass is 387 g/mol. The smallest absolute Gasteiger partial charge is 0.221 e. The van der Waals surface area contributed by atoms with Gasteiger partial charge in [0.25, 0.3) is 0 Å². The Labute approximate surface area is 166 Å². The molecule has 1 aromatic heterocycles. The van der Waals surface area contributed by atoms with Gasteiger partial charge in [0.05, 0.1) is 20.3 Å². The Hall–Kier alpha value is -2.58. The average Bonchev–Trinajstić information content (AvgIpc) is 3.18. The van der Waals surface area contributed by atoms with Crippen LogP contribution in [-0.2, 0) is 4.74 Å². The second-order valence-electron chi connectivity index (χ2n) is 6.87. The number of nitrogens with zero attached hydrogens (tertiary/aromatic N) is 3. The quantitative estimate of drug-likeness (QED) is 0.676. The van der Waals surface area contributed by atoms with Crippen molar-refractivity contribution in [2.75, 3.05) is 65.2 Å². The van der Waals surface area contributed by atoms with E-state index in [1.165, 1.54) is 0 Å². The largest absolute Gasteiger partial charge is 0.493 e. The van der Waals surface area contributed by atoms with Crippen molar-refractivity contribution in [1.82, 2.24) is 14.9 Å². The first kappa shape index (κ1) is 20.2. The summed E-state index contributed by atoms with van der Waals surface area (Å²) in [6.45, 7) is 4.50. The highest BCUT2D eigenvalue weighted by molar-refractivity contribution is 5.76. The summed E-state index contributed by atoms with van der Waals surface area (Å²) in [5.41, 5.74) is 7.49. The standard InChI is InChI=1S/C20H29N5O3/c1-22-19-16(11-23-20(21)24-19)15-4-5-17(27-3)18(10-15)28-13-14-6-7-25(12-14)8-9-26-2/h4-5,10-11,14H,6-9,12-13H2,1-3H3,(H3,21,22,23,24). The van der Waals surface area contributed by atoms with Gasteiger partial charge in [-0.25, -0.2) is 4.98 Å². The second-order valence-corrected chi connectivity index (χ2v) is 6.87. The molecular formula is C20H29N5O3. The molecule has 0 radical (unpaired) electrons. The fourth-order valence-corrected chi connectivity index (χ4v) is 3.43. The van der Waals surface area contributed by atoms with Crippen LogP contribution in [0.5, 0.6) is 11.5 Å². The molecule has 28 heavy (non-hydrogen) atoms. The molecule has 1 fully saturated rings. The molecule has 3 N–H and O–H groups in total. The number of anilines is 2. The molecule has 1 aliphatic rings. The molecule has 8 nitrogen and oxygen atoms in total. The van der Waals surface area contributed by atoms with Gasteiger partial charge in [0.2, 0.25) is 5.95 Å². The number of hydrogen-bond donors (Lipinski definition) is 2. The maximum Gasteiger partial charge on any atom is 0.221 e. The summed E-state index contributed by atoms with van der Waals surface area (Å²) in [4.78, 5) is 10.8. The molecule has 1 aromatic carbocycles. The number of hydrogen-bond acceptors (Lipinski definition) is 8. The number of nitrogens with two attached hydrogens (primary N) is 1. The maximum absolute atomic E-state index is 6.16. The van der Waals surface area contributed by atoms with Gasteiger partial charge in [-0.2, -0.15) is 4.98 Å². The summed E-state index contributed by atoms with van der Waals surface area (Å²) in [6, 6.07) is 5.83. The van der Waals surface area contributed by atoms with Gasteiger partial charge in [-0.3, -0.25) is 0 Å². The number of nitrogens with one attached hydrogen (secondary N) is 1. The zero-order valence-corrected chi connectivity index (χ0v) is 16.8. The van der Waals surface area contributed by atoms with Gasteiger partial charge >= 0.3 is 0 Å². The van der Waals surface area contributed by atoms with E-state index in [0.29, 0.717) is 29.8 Å². The van der Waals surface area contributed by atoms with Gasteiger partial charge in [0, 0.05) is 44.9 Å². The number of ether oxygens (including phenoxy) is 3. The molecule has 0 aliphatic carbocycles. The van der Waals surface area contributed by atoms with Crippen LogP contribution in [0.2, 0.25) is 0 Å². The molecule has 8 heteroatoms. The number of nitrogen functional groups attached to an aromatic ring is 1. The van der Waals surface area contributed by atoms with Crippen molar-refractivity contribution >= 4 is 11.8 Å². The lowest BCUT2D eigenvalue weighted by molar-refractivity contribution is 0.155. The topological polar surface area (TPSA) is 94.8 Å². The summed E-state index contributed by atoms with van der Waals surface area (Å²) < 4.78 is 16.8. The first-order valence-corrected chi connectivity index (χ1v) is 9.47. The van der Waals surface area contributed by atoms with Crippen LogP contribution in [0.15, 0.2) is 24.4 Å². The van der Waals surface area contributed by atoms with E-state index >= 15 is 0 Å². The second kappa shape index (κ2) is 9.57. The number of aromatic nitrogens is 2. The SMILES string of the molecule is CNc1nc(N)ncc1-c1ccc(OC)c(OCC2CCN(CCOC)C2)c1. The minimum atomic E-state index is 0.234. The van der Waals surface area contributed by atoms with E-state index < -0.39 is 0 Å². The Morgan fingerprint density at radius 3 is 2.89 bits per heavy atom. The Morgan fingerprint density at radius 2 is 2.14 bits per heavy atom. The van der Waals surface area contributed by atoms with Gasteiger partial charge in [0.15, 0.2) is 11.5 Å². The summed E-state index contributed by atoms with van der Waals surface area (Å²) >= 11 is 0. The van der Waals surface area contributed by atoms with E-state index in [4.69, 9.17) is 19.9 Å². The van der Waals surface area contributed by atoms with Gasteiger partial charge in [-0.05, 0) is 30.7 Å². The van der Waals surface area contributed by atoms with Crippen molar-refractivity contribution in [3.05, 3.63) is 24.4 Å². The van der Waals surface area contributed by atoms with Crippen molar-refractivity contribution in [2.24, 2.45) is 5.92 Å². The maximum atomic E-state index is 6.16. The molecular weight excluding hydrogens is 358 g/mol. The zero-order chi connectivity index (χ0) is 19.9.